The van der Waals surface area contributed by atoms with E-state index in [-0.39, 0.29) is 23.5 Å². The number of benzene rings is 2. The van der Waals surface area contributed by atoms with Crippen LogP contribution in [0.15, 0.2) is 60.9 Å². The third-order valence-electron chi connectivity index (χ3n) is 9.11. The lowest BCUT2D eigenvalue weighted by molar-refractivity contribution is 0.0695. The summed E-state index contributed by atoms with van der Waals surface area (Å²) in [5.41, 5.74) is 4.80. The van der Waals surface area contributed by atoms with E-state index < -0.39 is 5.97 Å². The zero-order valence-electron chi connectivity index (χ0n) is 23.3. The number of hydrogen-bond donors (Lipinski definition) is 2. The van der Waals surface area contributed by atoms with E-state index in [0.717, 1.165) is 53.5 Å². The lowest BCUT2D eigenvalue weighted by atomic mass is 9.86. The lowest BCUT2D eigenvalue weighted by Gasteiger charge is -2.28. The van der Waals surface area contributed by atoms with Gasteiger partial charge in [0.05, 0.1) is 35.4 Å². The molecule has 3 heterocycles. The van der Waals surface area contributed by atoms with Gasteiger partial charge in [0, 0.05) is 31.1 Å². The van der Waals surface area contributed by atoms with E-state index in [1.165, 1.54) is 38.3 Å². The van der Waals surface area contributed by atoms with Gasteiger partial charge in [-0.2, -0.15) is 5.10 Å². The first-order chi connectivity index (χ1) is 20.0. The number of aromatic carboxylic acids is 1. The van der Waals surface area contributed by atoms with Crippen molar-refractivity contribution in [2.45, 2.75) is 69.4 Å². The summed E-state index contributed by atoms with van der Waals surface area (Å²) >= 11 is 0. The van der Waals surface area contributed by atoms with Crippen LogP contribution < -0.4 is 10.1 Å². The highest BCUT2D eigenvalue weighted by Crippen LogP contribution is 2.55. The number of hydrogen-bond acceptors (Lipinski definition) is 6. The molecule has 1 aliphatic heterocycles. The van der Waals surface area contributed by atoms with Crippen LogP contribution in [0, 0.1) is 5.92 Å². The minimum atomic E-state index is -0.964. The maximum absolute atomic E-state index is 12.2. The van der Waals surface area contributed by atoms with Gasteiger partial charge in [0.1, 0.15) is 11.3 Å². The van der Waals surface area contributed by atoms with E-state index >= 15 is 0 Å². The zero-order valence-corrected chi connectivity index (χ0v) is 23.3. The highest BCUT2D eigenvalue weighted by atomic mass is 16.5. The summed E-state index contributed by atoms with van der Waals surface area (Å²) in [6, 6.07) is 16.7. The highest BCUT2D eigenvalue weighted by molar-refractivity contribution is 5.89. The topological polar surface area (TPSA) is 107 Å². The van der Waals surface area contributed by atoms with Gasteiger partial charge in [-0.05, 0) is 67.5 Å². The molecule has 7 rings (SSSR count). The van der Waals surface area contributed by atoms with Crippen LogP contribution in [0.1, 0.15) is 85.1 Å². The summed E-state index contributed by atoms with van der Waals surface area (Å²) in [4.78, 5) is 12.2. The molecule has 1 saturated heterocycles. The number of aromatic nitrogens is 5. The second-order valence-corrected chi connectivity index (χ2v) is 11.8. The van der Waals surface area contributed by atoms with Crippen LogP contribution in [0.25, 0.3) is 16.8 Å². The predicted molar refractivity (Wildman–Crippen MR) is 155 cm³/mol. The largest absolute Gasteiger partial charge is 0.490 e. The van der Waals surface area contributed by atoms with E-state index in [9.17, 15) is 9.90 Å². The number of rotatable bonds is 9. The lowest BCUT2D eigenvalue weighted by Crippen LogP contribution is -2.43. The van der Waals surface area contributed by atoms with Crippen LogP contribution >= 0.6 is 0 Å². The fourth-order valence-electron chi connectivity index (χ4n) is 6.49. The second-order valence-electron chi connectivity index (χ2n) is 11.8. The minimum Gasteiger partial charge on any atom is -0.490 e. The van der Waals surface area contributed by atoms with Gasteiger partial charge in [-0.15, -0.1) is 5.10 Å². The first-order valence-corrected chi connectivity index (χ1v) is 14.9. The van der Waals surface area contributed by atoms with Crippen LogP contribution in [-0.4, -0.2) is 55.0 Å². The Bertz CT molecular complexity index is 1550. The minimum absolute atomic E-state index is 0.0231. The molecule has 1 unspecified atom stereocenters. The Morgan fingerprint density at radius 2 is 1.83 bits per heavy atom. The Balaban J connectivity index is 1.14. The Labute approximate surface area is 239 Å². The molecule has 2 aromatic carbocycles. The Hall–Kier alpha value is -3.98. The number of carbonyl (C=O) groups is 1. The van der Waals surface area contributed by atoms with Crippen LogP contribution in [0.3, 0.4) is 0 Å². The van der Waals surface area contributed by atoms with E-state index in [0.29, 0.717) is 12.0 Å². The molecule has 212 valence electrons. The molecule has 0 radical (unpaired) electrons. The maximum Gasteiger partial charge on any atom is 0.339 e. The molecule has 2 aromatic heterocycles. The van der Waals surface area contributed by atoms with Gasteiger partial charge < -0.3 is 15.2 Å². The van der Waals surface area contributed by atoms with Gasteiger partial charge in [-0.25, -0.2) is 14.2 Å². The molecule has 9 heteroatoms. The average molecular weight is 553 g/mol. The highest BCUT2D eigenvalue weighted by Gasteiger charge is 2.46. The second kappa shape index (κ2) is 10.8. The molecule has 0 spiro atoms. The molecular weight excluding hydrogens is 516 g/mol. The van der Waals surface area contributed by atoms with E-state index in [2.05, 4.69) is 51.9 Å². The van der Waals surface area contributed by atoms with Gasteiger partial charge in [-0.3, -0.25) is 0 Å². The molecule has 2 saturated carbocycles. The maximum atomic E-state index is 12.2. The van der Waals surface area contributed by atoms with Crippen LogP contribution in [0.4, 0.5) is 0 Å². The summed E-state index contributed by atoms with van der Waals surface area (Å²) in [6.07, 6.45) is 10.9. The van der Waals surface area contributed by atoms with Crippen molar-refractivity contribution < 1.29 is 14.6 Å². The van der Waals surface area contributed by atoms with Gasteiger partial charge >= 0.3 is 5.97 Å². The number of carboxylic acid groups (broad SMARTS) is 1. The fourth-order valence-corrected chi connectivity index (χ4v) is 6.49. The molecule has 9 nitrogen and oxygen atoms in total. The monoisotopic (exact) mass is 552 g/mol. The van der Waals surface area contributed by atoms with Crippen molar-refractivity contribution in [3.8, 4) is 22.6 Å². The average Bonchev–Trinajstić information content (AvgIpc) is 3.38. The molecule has 3 aliphatic rings. The Morgan fingerprint density at radius 1 is 1.05 bits per heavy atom. The first-order valence-electron chi connectivity index (χ1n) is 14.9. The molecular formula is C32H36N6O3. The normalized spacial score (nSPS) is 21.8. The number of nitrogens with zero attached hydrogens (tertiary/aromatic N) is 5. The molecule has 2 aliphatic carbocycles. The standard InChI is InChI=1S/C32H36N6O3/c1-20(21-7-3-2-4-8-21)41-26-12-6-10-23(14-26)22-9-5-11-24(13-22)38-31(29(18-34-38)32(39)40)28-15-27(28)30-19-37(36-35-30)25-16-33-17-25/h5-6,9-14,18-21,25,27-28,33H,2-4,7-8,15-17H2,1H3,(H,39,40)/t20?,27-,28-/m1/s1. The molecule has 2 N–H and O–H groups in total. The summed E-state index contributed by atoms with van der Waals surface area (Å²) in [6.45, 7) is 3.99. The van der Waals surface area contributed by atoms with Gasteiger partial charge in [-0.1, -0.05) is 48.7 Å². The Morgan fingerprint density at radius 3 is 2.59 bits per heavy atom. The van der Waals surface area contributed by atoms with Crippen molar-refractivity contribution in [1.82, 2.24) is 30.1 Å². The Kier molecular flexibility index (Phi) is 6.82. The number of ether oxygens (including phenoxy) is 1. The van der Waals surface area contributed by atoms with Crippen molar-refractivity contribution in [2.75, 3.05) is 13.1 Å². The molecule has 4 aromatic rings. The smallest absolute Gasteiger partial charge is 0.339 e. The first kappa shape index (κ1) is 26.0. The van der Waals surface area contributed by atoms with Crippen molar-refractivity contribution in [1.29, 1.82) is 0 Å². The number of nitrogens with one attached hydrogen (secondary N) is 1. The van der Waals surface area contributed by atoms with Gasteiger partial charge in [0.2, 0.25) is 0 Å². The van der Waals surface area contributed by atoms with Crippen molar-refractivity contribution in [3.05, 3.63) is 77.9 Å². The summed E-state index contributed by atoms with van der Waals surface area (Å²) in [5.74, 6) is 0.687. The molecule has 3 atom stereocenters. The third kappa shape index (κ3) is 5.14. The molecule has 3 fully saturated rings. The zero-order chi connectivity index (χ0) is 27.9. The fraction of sp³-hybridized carbons (Fsp3) is 0.438. The number of carboxylic acids is 1. The summed E-state index contributed by atoms with van der Waals surface area (Å²) in [7, 11) is 0. The predicted octanol–water partition coefficient (Wildman–Crippen LogP) is 5.59. The van der Waals surface area contributed by atoms with E-state index in [4.69, 9.17) is 4.74 Å². The SMILES string of the molecule is CC(Oc1cccc(-c2cccc(-n3ncc(C(=O)O)c3[C@@H]3C[C@H]3c3cn(C4CNC4)nn3)c2)c1)C1CCCCC1. The quantitative estimate of drug-likeness (QED) is 0.279. The van der Waals surface area contributed by atoms with Crippen LogP contribution in [0.5, 0.6) is 5.75 Å². The van der Waals surface area contributed by atoms with Crippen LogP contribution in [-0.2, 0) is 0 Å². The van der Waals surface area contributed by atoms with Crippen molar-refractivity contribution in [3.63, 3.8) is 0 Å². The molecule has 41 heavy (non-hydrogen) atoms. The van der Waals surface area contributed by atoms with Crippen molar-refractivity contribution in [2.24, 2.45) is 5.92 Å². The van der Waals surface area contributed by atoms with Gasteiger partial charge in [0.15, 0.2) is 0 Å². The van der Waals surface area contributed by atoms with Gasteiger partial charge in [0.25, 0.3) is 0 Å². The van der Waals surface area contributed by atoms with Crippen molar-refractivity contribution >= 4 is 5.97 Å². The molecule has 0 bridgehead atoms. The van der Waals surface area contributed by atoms with E-state index in [1.807, 2.05) is 35.1 Å². The van der Waals surface area contributed by atoms with Crippen LogP contribution in [0.2, 0.25) is 0 Å². The van der Waals surface area contributed by atoms with E-state index in [1.54, 1.807) is 4.68 Å². The summed E-state index contributed by atoms with van der Waals surface area (Å²) in [5, 5.41) is 26.6. The summed E-state index contributed by atoms with van der Waals surface area (Å²) < 4.78 is 10.1. The third-order valence-corrected chi connectivity index (χ3v) is 9.11. The molecule has 0 amide bonds.